The molecule has 1 aromatic carbocycles. The van der Waals surface area contributed by atoms with Gasteiger partial charge in [-0.15, -0.1) is 0 Å². The molecule has 0 aliphatic carbocycles. The van der Waals surface area contributed by atoms with Gasteiger partial charge in [0.25, 0.3) is 0 Å². The van der Waals surface area contributed by atoms with Gasteiger partial charge in [-0.3, -0.25) is 4.79 Å². The van der Waals surface area contributed by atoms with Crippen LogP contribution in [0.5, 0.6) is 0 Å². The van der Waals surface area contributed by atoms with E-state index in [4.69, 9.17) is 10.8 Å². The van der Waals surface area contributed by atoms with Crippen LogP contribution in [-0.4, -0.2) is 11.1 Å². The van der Waals surface area contributed by atoms with Gasteiger partial charge in [0.2, 0.25) is 0 Å². The number of aliphatic carboxylic acids is 1. The largest absolute Gasteiger partial charge is 0.481 e. The predicted molar refractivity (Wildman–Crippen MR) is 69.8 cm³/mol. The molecule has 0 aliphatic heterocycles. The third-order valence-corrected chi connectivity index (χ3v) is 3.19. The lowest BCUT2D eigenvalue weighted by Gasteiger charge is -2.17. The second-order valence-electron chi connectivity index (χ2n) is 4.69. The topological polar surface area (TPSA) is 63.3 Å². The van der Waals surface area contributed by atoms with Crippen LogP contribution in [-0.2, 0) is 11.2 Å². The number of nitrogens with two attached hydrogens (primary N) is 1. The molecule has 0 spiro atoms. The summed E-state index contributed by atoms with van der Waals surface area (Å²) in [4.78, 5) is 10.8. The van der Waals surface area contributed by atoms with Crippen LogP contribution >= 0.6 is 0 Å². The molecule has 0 unspecified atom stereocenters. The molecule has 3 nitrogen and oxygen atoms in total. The Labute approximate surface area is 103 Å². The summed E-state index contributed by atoms with van der Waals surface area (Å²) in [5, 5.41) is 8.91. The smallest absolute Gasteiger partial charge is 0.306 e. The Kier molecular flexibility index (Phi) is 5.01. The number of carbonyl (C=O) groups is 1. The van der Waals surface area contributed by atoms with Gasteiger partial charge in [-0.1, -0.05) is 32.4 Å². The van der Waals surface area contributed by atoms with Crippen LogP contribution in [0.4, 0.5) is 5.69 Å². The monoisotopic (exact) mass is 235 g/mol. The lowest BCUT2D eigenvalue weighted by molar-refractivity contribution is -0.141. The summed E-state index contributed by atoms with van der Waals surface area (Å²) in [5.74, 6) is -0.556. The lowest BCUT2D eigenvalue weighted by Crippen LogP contribution is -2.16. The van der Waals surface area contributed by atoms with Gasteiger partial charge in [0.15, 0.2) is 0 Å². The summed E-state index contributed by atoms with van der Waals surface area (Å²) >= 11 is 0. The fourth-order valence-corrected chi connectivity index (χ4v) is 1.98. The molecule has 17 heavy (non-hydrogen) atoms. The molecule has 3 N–H and O–H groups in total. The molecule has 0 heterocycles. The van der Waals surface area contributed by atoms with Crippen molar-refractivity contribution < 1.29 is 9.90 Å². The van der Waals surface area contributed by atoms with Gasteiger partial charge < -0.3 is 10.8 Å². The number of hydrogen-bond acceptors (Lipinski definition) is 2. The Morgan fingerprint density at radius 3 is 2.41 bits per heavy atom. The first-order chi connectivity index (χ1) is 8.02. The Balaban J connectivity index is 2.57. The van der Waals surface area contributed by atoms with Gasteiger partial charge in [-0.25, -0.2) is 0 Å². The summed E-state index contributed by atoms with van der Waals surface area (Å²) in [6.45, 7) is 3.88. The van der Waals surface area contributed by atoms with E-state index in [0.29, 0.717) is 5.92 Å². The maximum atomic E-state index is 10.8. The first-order valence-corrected chi connectivity index (χ1v) is 6.10. The number of anilines is 1. The molecule has 0 saturated heterocycles. The average Bonchev–Trinajstić information content (AvgIpc) is 2.30. The van der Waals surface area contributed by atoms with Crippen molar-refractivity contribution in [3.63, 3.8) is 0 Å². The Bertz CT molecular complexity index is 359. The molecule has 0 aliphatic rings. The zero-order valence-electron chi connectivity index (χ0n) is 10.5. The Morgan fingerprint density at radius 1 is 1.35 bits per heavy atom. The molecule has 0 amide bonds. The zero-order valence-corrected chi connectivity index (χ0v) is 10.5. The molecule has 0 radical (unpaired) electrons. The molecular weight excluding hydrogens is 214 g/mol. The number of carboxylic acids is 1. The van der Waals surface area contributed by atoms with E-state index in [0.717, 1.165) is 24.9 Å². The number of hydrogen-bond donors (Lipinski definition) is 2. The third-order valence-electron chi connectivity index (χ3n) is 3.19. The van der Waals surface area contributed by atoms with E-state index in [-0.39, 0.29) is 5.92 Å². The maximum absolute atomic E-state index is 10.8. The van der Waals surface area contributed by atoms with Crippen LogP contribution in [0.3, 0.4) is 0 Å². The second-order valence-corrected chi connectivity index (χ2v) is 4.69. The fraction of sp³-hybridized carbons (Fsp3) is 0.500. The van der Waals surface area contributed by atoms with Crippen molar-refractivity contribution in [2.75, 3.05) is 5.73 Å². The van der Waals surface area contributed by atoms with Crippen molar-refractivity contribution in [1.82, 2.24) is 0 Å². The maximum Gasteiger partial charge on any atom is 0.306 e. The van der Waals surface area contributed by atoms with Crippen molar-refractivity contribution in [3.05, 3.63) is 29.8 Å². The van der Waals surface area contributed by atoms with Crippen molar-refractivity contribution in [1.29, 1.82) is 0 Å². The first kappa shape index (κ1) is 13.6. The van der Waals surface area contributed by atoms with E-state index in [2.05, 4.69) is 6.92 Å². The number of benzene rings is 1. The molecule has 0 aromatic heterocycles. The van der Waals surface area contributed by atoms with E-state index in [9.17, 15) is 4.79 Å². The van der Waals surface area contributed by atoms with Crippen molar-refractivity contribution in [2.24, 2.45) is 11.8 Å². The van der Waals surface area contributed by atoms with Gasteiger partial charge in [0.05, 0.1) is 5.92 Å². The SMILES string of the molecule is CC[C@@H](Cc1ccc(N)cc1)C[C@H](C)C(=O)O. The van der Waals surface area contributed by atoms with Crippen LogP contribution < -0.4 is 5.73 Å². The minimum Gasteiger partial charge on any atom is -0.481 e. The Morgan fingerprint density at radius 2 is 1.94 bits per heavy atom. The van der Waals surface area contributed by atoms with Crippen molar-refractivity contribution in [2.45, 2.75) is 33.1 Å². The van der Waals surface area contributed by atoms with Crippen LogP contribution in [0.2, 0.25) is 0 Å². The highest BCUT2D eigenvalue weighted by Gasteiger charge is 2.17. The van der Waals surface area contributed by atoms with Gasteiger partial charge in [-0.05, 0) is 36.5 Å². The fourth-order valence-electron chi connectivity index (χ4n) is 1.98. The third kappa shape index (κ3) is 4.47. The van der Waals surface area contributed by atoms with Crippen LogP contribution in [0.15, 0.2) is 24.3 Å². The number of rotatable bonds is 6. The van der Waals surface area contributed by atoms with Gasteiger partial charge in [0, 0.05) is 5.69 Å². The highest BCUT2D eigenvalue weighted by molar-refractivity contribution is 5.69. The minimum atomic E-state index is -0.708. The number of carboxylic acid groups (broad SMARTS) is 1. The van der Waals surface area contributed by atoms with E-state index in [1.54, 1.807) is 6.92 Å². The molecule has 1 rings (SSSR count). The summed E-state index contributed by atoms with van der Waals surface area (Å²) in [6.07, 6.45) is 2.66. The summed E-state index contributed by atoms with van der Waals surface area (Å²) in [7, 11) is 0. The molecule has 3 heteroatoms. The van der Waals surface area contributed by atoms with E-state index >= 15 is 0 Å². The standard InChI is InChI=1S/C14H21NO2/c1-3-11(8-10(2)14(16)17)9-12-4-6-13(15)7-5-12/h4-7,10-11H,3,8-9,15H2,1-2H3,(H,16,17)/t10-,11+/m0/s1. The highest BCUT2D eigenvalue weighted by atomic mass is 16.4. The zero-order chi connectivity index (χ0) is 12.8. The average molecular weight is 235 g/mol. The summed E-state index contributed by atoms with van der Waals surface area (Å²) in [6, 6.07) is 7.82. The van der Waals surface area contributed by atoms with Gasteiger partial charge >= 0.3 is 5.97 Å². The molecular formula is C14H21NO2. The second kappa shape index (κ2) is 6.28. The Hall–Kier alpha value is -1.51. The van der Waals surface area contributed by atoms with Gasteiger partial charge in [0.1, 0.15) is 0 Å². The van der Waals surface area contributed by atoms with Crippen LogP contribution in [0.25, 0.3) is 0 Å². The van der Waals surface area contributed by atoms with E-state index in [1.807, 2.05) is 24.3 Å². The summed E-state index contributed by atoms with van der Waals surface area (Å²) in [5.41, 5.74) is 7.62. The first-order valence-electron chi connectivity index (χ1n) is 6.10. The molecule has 94 valence electrons. The number of nitrogen functional groups attached to an aromatic ring is 1. The van der Waals surface area contributed by atoms with Gasteiger partial charge in [-0.2, -0.15) is 0 Å². The lowest BCUT2D eigenvalue weighted by atomic mass is 9.88. The molecule has 0 fully saturated rings. The van der Waals surface area contributed by atoms with Crippen molar-refractivity contribution in [3.8, 4) is 0 Å². The van der Waals surface area contributed by atoms with Crippen LogP contribution in [0.1, 0.15) is 32.3 Å². The molecule has 0 bridgehead atoms. The van der Waals surface area contributed by atoms with E-state index < -0.39 is 5.97 Å². The predicted octanol–water partition coefficient (Wildman–Crippen LogP) is 2.95. The molecule has 1 aromatic rings. The van der Waals surface area contributed by atoms with E-state index in [1.165, 1.54) is 5.56 Å². The minimum absolute atomic E-state index is 0.270. The van der Waals surface area contributed by atoms with Crippen molar-refractivity contribution >= 4 is 11.7 Å². The quantitative estimate of drug-likeness (QED) is 0.745. The highest BCUT2D eigenvalue weighted by Crippen LogP contribution is 2.21. The molecule has 2 atom stereocenters. The normalized spacial score (nSPS) is 14.2. The van der Waals surface area contributed by atoms with Crippen LogP contribution in [0, 0.1) is 11.8 Å². The summed E-state index contributed by atoms with van der Waals surface area (Å²) < 4.78 is 0. The molecule has 0 saturated carbocycles.